The quantitative estimate of drug-likeness (QED) is 0.901. The molecule has 0 unspecified atom stereocenters. The van der Waals surface area contributed by atoms with E-state index in [0.29, 0.717) is 43.0 Å². The van der Waals surface area contributed by atoms with Crippen LogP contribution in [0.1, 0.15) is 44.0 Å². The molecule has 1 saturated heterocycles. The highest BCUT2D eigenvalue weighted by Gasteiger charge is 2.30. The van der Waals surface area contributed by atoms with Gasteiger partial charge in [0, 0.05) is 30.1 Å². The van der Waals surface area contributed by atoms with Gasteiger partial charge in [-0.05, 0) is 51.8 Å². The van der Waals surface area contributed by atoms with Crippen LogP contribution in [0.3, 0.4) is 0 Å². The minimum Gasteiger partial charge on any atom is -0.454 e. The first-order valence-corrected chi connectivity index (χ1v) is 8.34. The largest absolute Gasteiger partial charge is 0.454 e. The fraction of sp³-hybridized carbons (Fsp3) is 0.556. The van der Waals surface area contributed by atoms with Crippen molar-refractivity contribution in [2.45, 2.75) is 39.2 Å². The first-order chi connectivity index (χ1) is 11.3. The van der Waals surface area contributed by atoms with Crippen molar-refractivity contribution in [1.29, 1.82) is 0 Å². The highest BCUT2D eigenvalue weighted by Crippen LogP contribution is 2.33. The zero-order valence-electron chi connectivity index (χ0n) is 14.4. The van der Waals surface area contributed by atoms with Crippen LogP contribution in [0, 0.1) is 5.92 Å². The zero-order valence-corrected chi connectivity index (χ0v) is 14.4. The lowest BCUT2D eigenvalue weighted by Gasteiger charge is -2.33. The molecule has 2 amide bonds. The molecule has 130 valence electrons. The smallest absolute Gasteiger partial charge is 0.253 e. The Hall–Kier alpha value is -2.24. The maximum atomic E-state index is 12.6. The minimum absolute atomic E-state index is 0.0231. The molecule has 1 N–H and O–H groups in total. The Morgan fingerprint density at radius 3 is 2.46 bits per heavy atom. The summed E-state index contributed by atoms with van der Waals surface area (Å²) in [6.45, 7) is 7.31. The first kappa shape index (κ1) is 16.6. The molecule has 24 heavy (non-hydrogen) atoms. The van der Waals surface area contributed by atoms with Crippen molar-refractivity contribution in [3.8, 4) is 11.5 Å². The van der Waals surface area contributed by atoms with Gasteiger partial charge in [-0.25, -0.2) is 0 Å². The lowest BCUT2D eigenvalue weighted by atomic mass is 9.94. The van der Waals surface area contributed by atoms with Gasteiger partial charge in [-0.15, -0.1) is 0 Å². The number of hydrogen-bond donors (Lipinski definition) is 1. The summed E-state index contributed by atoms with van der Waals surface area (Å²) in [5.74, 6) is 1.31. The van der Waals surface area contributed by atoms with E-state index >= 15 is 0 Å². The van der Waals surface area contributed by atoms with Crippen LogP contribution in [0.2, 0.25) is 0 Å². The molecule has 6 heteroatoms. The fourth-order valence-electron chi connectivity index (χ4n) is 3.03. The van der Waals surface area contributed by atoms with E-state index in [4.69, 9.17) is 9.47 Å². The number of nitrogens with zero attached hydrogens (tertiary/aromatic N) is 1. The van der Waals surface area contributed by atoms with Crippen molar-refractivity contribution >= 4 is 11.8 Å². The molecule has 1 aromatic carbocycles. The van der Waals surface area contributed by atoms with Gasteiger partial charge in [-0.2, -0.15) is 0 Å². The zero-order chi connectivity index (χ0) is 17.3. The van der Waals surface area contributed by atoms with Gasteiger partial charge in [-0.1, -0.05) is 0 Å². The van der Waals surface area contributed by atoms with Crippen LogP contribution >= 0.6 is 0 Å². The Bertz CT molecular complexity index is 643. The highest BCUT2D eigenvalue weighted by molar-refractivity contribution is 5.95. The maximum Gasteiger partial charge on any atom is 0.253 e. The van der Waals surface area contributed by atoms with E-state index in [0.717, 1.165) is 0 Å². The van der Waals surface area contributed by atoms with Gasteiger partial charge >= 0.3 is 0 Å². The van der Waals surface area contributed by atoms with E-state index in [9.17, 15) is 9.59 Å². The van der Waals surface area contributed by atoms with Crippen LogP contribution in [0.25, 0.3) is 0 Å². The molecule has 0 aromatic heterocycles. The monoisotopic (exact) mass is 332 g/mol. The van der Waals surface area contributed by atoms with Crippen LogP contribution in [0.5, 0.6) is 11.5 Å². The Balaban J connectivity index is 1.58. The molecule has 0 radical (unpaired) electrons. The number of carbonyl (C=O) groups excluding carboxylic acids is 2. The molecule has 1 aromatic rings. The Kier molecular flexibility index (Phi) is 4.39. The van der Waals surface area contributed by atoms with Crippen LogP contribution in [0.4, 0.5) is 0 Å². The molecule has 0 spiro atoms. The number of fused-ring (bicyclic) bond motifs is 1. The normalized spacial score (nSPS) is 17.7. The predicted octanol–water partition coefficient (Wildman–Crippen LogP) is 2.18. The molecule has 0 aliphatic carbocycles. The summed E-state index contributed by atoms with van der Waals surface area (Å²) < 4.78 is 10.6. The molecular formula is C18H24N2O4. The van der Waals surface area contributed by atoms with E-state index in [1.807, 2.05) is 20.8 Å². The summed E-state index contributed by atoms with van der Waals surface area (Å²) in [5.41, 5.74) is 0.369. The number of amides is 2. The van der Waals surface area contributed by atoms with Gasteiger partial charge in [0.2, 0.25) is 12.7 Å². The van der Waals surface area contributed by atoms with E-state index in [1.165, 1.54) is 0 Å². The number of hydrogen-bond acceptors (Lipinski definition) is 4. The standard InChI is InChI=1S/C18H24N2O4/c1-18(2,3)19-16(21)12-6-8-20(9-7-12)17(22)13-4-5-14-15(10-13)24-11-23-14/h4-5,10,12H,6-9,11H2,1-3H3,(H,19,21). The number of benzene rings is 1. The average Bonchev–Trinajstić information content (AvgIpc) is 3.00. The van der Waals surface area contributed by atoms with Gasteiger partial charge in [0.15, 0.2) is 11.5 Å². The molecule has 2 heterocycles. The molecule has 6 nitrogen and oxygen atoms in total. The lowest BCUT2D eigenvalue weighted by Crippen LogP contribution is -2.47. The lowest BCUT2D eigenvalue weighted by molar-refractivity contribution is -0.127. The van der Waals surface area contributed by atoms with Crippen molar-refractivity contribution in [2.24, 2.45) is 5.92 Å². The number of carbonyl (C=O) groups is 2. The molecule has 2 aliphatic heterocycles. The van der Waals surface area contributed by atoms with Crippen LogP contribution in [0.15, 0.2) is 18.2 Å². The van der Waals surface area contributed by atoms with Crippen LogP contribution in [-0.4, -0.2) is 42.1 Å². The molecule has 3 rings (SSSR count). The summed E-state index contributed by atoms with van der Waals surface area (Å²) in [5, 5.41) is 3.02. The summed E-state index contributed by atoms with van der Waals surface area (Å²) in [7, 11) is 0. The van der Waals surface area contributed by atoms with Crippen LogP contribution in [-0.2, 0) is 4.79 Å². The first-order valence-electron chi connectivity index (χ1n) is 8.34. The van der Waals surface area contributed by atoms with E-state index in [1.54, 1.807) is 23.1 Å². The van der Waals surface area contributed by atoms with Crippen molar-refractivity contribution in [2.75, 3.05) is 19.9 Å². The van der Waals surface area contributed by atoms with E-state index in [-0.39, 0.29) is 30.1 Å². The number of piperidine rings is 1. The Morgan fingerprint density at radius 2 is 1.79 bits per heavy atom. The van der Waals surface area contributed by atoms with Gasteiger partial charge in [0.25, 0.3) is 5.91 Å². The number of likely N-dealkylation sites (tertiary alicyclic amines) is 1. The third kappa shape index (κ3) is 3.63. The third-order valence-corrected chi connectivity index (χ3v) is 4.27. The summed E-state index contributed by atoms with van der Waals surface area (Å²) in [6.07, 6.45) is 1.39. The predicted molar refractivity (Wildman–Crippen MR) is 89.1 cm³/mol. The molecule has 2 aliphatic rings. The van der Waals surface area contributed by atoms with Crippen molar-refractivity contribution in [3.63, 3.8) is 0 Å². The highest BCUT2D eigenvalue weighted by atomic mass is 16.7. The average molecular weight is 332 g/mol. The van der Waals surface area contributed by atoms with Crippen molar-refractivity contribution in [3.05, 3.63) is 23.8 Å². The number of nitrogens with one attached hydrogen (secondary N) is 1. The van der Waals surface area contributed by atoms with Crippen LogP contribution < -0.4 is 14.8 Å². The maximum absolute atomic E-state index is 12.6. The minimum atomic E-state index is -0.226. The molecule has 1 fully saturated rings. The third-order valence-electron chi connectivity index (χ3n) is 4.27. The second kappa shape index (κ2) is 6.34. The van der Waals surface area contributed by atoms with Crippen molar-refractivity contribution in [1.82, 2.24) is 10.2 Å². The van der Waals surface area contributed by atoms with Gasteiger partial charge in [0.05, 0.1) is 0 Å². The summed E-state index contributed by atoms with van der Waals surface area (Å²) in [6, 6.07) is 5.25. The SMILES string of the molecule is CC(C)(C)NC(=O)C1CCN(C(=O)c2ccc3c(c2)OCO3)CC1. The molecular weight excluding hydrogens is 308 g/mol. The van der Waals surface area contributed by atoms with E-state index < -0.39 is 0 Å². The second-order valence-corrected chi connectivity index (χ2v) is 7.37. The topological polar surface area (TPSA) is 67.9 Å². The summed E-state index contributed by atoms with van der Waals surface area (Å²) in [4.78, 5) is 26.7. The van der Waals surface area contributed by atoms with E-state index in [2.05, 4.69) is 5.32 Å². The number of ether oxygens (including phenoxy) is 2. The Labute approximate surface area is 142 Å². The fourth-order valence-corrected chi connectivity index (χ4v) is 3.03. The summed E-state index contributed by atoms with van der Waals surface area (Å²) >= 11 is 0. The van der Waals surface area contributed by atoms with Gasteiger partial charge < -0.3 is 19.7 Å². The Morgan fingerprint density at radius 1 is 1.12 bits per heavy atom. The molecule has 0 bridgehead atoms. The van der Waals surface area contributed by atoms with Crippen molar-refractivity contribution < 1.29 is 19.1 Å². The second-order valence-electron chi connectivity index (χ2n) is 7.37. The number of rotatable bonds is 2. The van der Waals surface area contributed by atoms with Gasteiger partial charge in [0.1, 0.15) is 0 Å². The molecule has 0 atom stereocenters. The molecule has 0 saturated carbocycles. The van der Waals surface area contributed by atoms with Gasteiger partial charge in [-0.3, -0.25) is 9.59 Å².